The molecule has 88 valence electrons. The summed E-state index contributed by atoms with van der Waals surface area (Å²) in [6.07, 6.45) is 6.30. The molecule has 0 aliphatic carbocycles. The first-order chi connectivity index (χ1) is 7.76. The van der Waals surface area contributed by atoms with Crippen molar-refractivity contribution in [2.24, 2.45) is 0 Å². The zero-order valence-corrected chi connectivity index (χ0v) is 11.0. The normalized spacial score (nSPS) is 12.1. The average Bonchev–Trinajstić information content (AvgIpc) is 2.29. The highest BCUT2D eigenvalue weighted by molar-refractivity contribution is 7.97. The maximum absolute atomic E-state index is 3.74. The molecule has 1 aromatic rings. The Labute approximate surface area is 103 Å². The SMILES string of the molecule is C=CCCC(C)Nc1ccc(CSC)cc1. The first-order valence-electron chi connectivity index (χ1n) is 5.71. The van der Waals surface area contributed by atoms with Crippen LogP contribution in [-0.2, 0) is 5.75 Å². The molecule has 0 aliphatic rings. The molecule has 0 aliphatic heterocycles. The van der Waals surface area contributed by atoms with Gasteiger partial charge in [0.2, 0.25) is 0 Å². The van der Waals surface area contributed by atoms with Crippen molar-refractivity contribution in [3.63, 3.8) is 0 Å². The molecule has 16 heavy (non-hydrogen) atoms. The summed E-state index contributed by atoms with van der Waals surface area (Å²) in [6.45, 7) is 5.95. The number of anilines is 1. The van der Waals surface area contributed by atoms with E-state index in [9.17, 15) is 0 Å². The molecule has 1 aromatic carbocycles. The van der Waals surface area contributed by atoms with Gasteiger partial charge in [0, 0.05) is 17.5 Å². The molecule has 0 bridgehead atoms. The minimum Gasteiger partial charge on any atom is -0.383 e. The molecule has 1 N–H and O–H groups in total. The summed E-state index contributed by atoms with van der Waals surface area (Å²) in [6, 6.07) is 9.22. The predicted octanol–water partition coefficient (Wildman–Crippen LogP) is 4.32. The fourth-order valence-corrected chi connectivity index (χ4v) is 2.11. The summed E-state index contributed by atoms with van der Waals surface area (Å²) in [5.74, 6) is 1.09. The van der Waals surface area contributed by atoms with E-state index < -0.39 is 0 Å². The Hall–Kier alpha value is -0.890. The number of allylic oxidation sites excluding steroid dienone is 1. The van der Waals surface area contributed by atoms with E-state index in [-0.39, 0.29) is 0 Å². The molecular formula is C14H21NS. The van der Waals surface area contributed by atoms with Crippen molar-refractivity contribution in [3.05, 3.63) is 42.5 Å². The molecule has 0 radical (unpaired) electrons. The topological polar surface area (TPSA) is 12.0 Å². The molecule has 1 nitrogen and oxygen atoms in total. The summed E-state index contributed by atoms with van der Waals surface area (Å²) < 4.78 is 0. The van der Waals surface area contributed by atoms with E-state index in [0.29, 0.717) is 6.04 Å². The van der Waals surface area contributed by atoms with E-state index in [1.165, 1.54) is 11.3 Å². The van der Waals surface area contributed by atoms with Gasteiger partial charge in [-0.3, -0.25) is 0 Å². The van der Waals surface area contributed by atoms with E-state index in [4.69, 9.17) is 0 Å². The number of thioether (sulfide) groups is 1. The van der Waals surface area contributed by atoms with Gasteiger partial charge in [0.15, 0.2) is 0 Å². The summed E-state index contributed by atoms with van der Waals surface area (Å²) >= 11 is 1.85. The Morgan fingerprint density at radius 1 is 1.38 bits per heavy atom. The van der Waals surface area contributed by atoms with Crippen molar-refractivity contribution in [2.75, 3.05) is 11.6 Å². The van der Waals surface area contributed by atoms with Crippen molar-refractivity contribution >= 4 is 17.4 Å². The van der Waals surface area contributed by atoms with E-state index in [1.807, 2.05) is 17.8 Å². The van der Waals surface area contributed by atoms with Gasteiger partial charge in [-0.05, 0) is 43.7 Å². The lowest BCUT2D eigenvalue weighted by Gasteiger charge is -2.14. The van der Waals surface area contributed by atoms with Crippen molar-refractivity contribution in [1.82, 2.24) is 0 Å². The number of benzene rings is 1. The summed E-state index contributed by atoms with van der Waals surface area (Å²) in [5, 5.41) is 3.49. The van der Waals surface area contributed by atoms with Gasteiger partial charge in [0.25, 0.3) is 0 Å². The highest BCUT2D eigenvalue weighted by atomic mass is 32.2. The van der Waals surface area contributed by atoms with E-state index in [0.717, 1.165) is 18.6 Å². The third kappa shape index (κ3) is 4.75. The Balaban J connectivity index is 2.44. The average molecular weight is 235 g/mol. The lowest BCUT2D eigenvalue weighted by atomic mass is 10.1. The number of hydrogen-bond donors (Lipinski definition) is 1. The van der Waals surface area contributed by atoms with Crippen molar-refractivity contribution in [3.8, 4) is 0 Å². The van der Waals surface area contributed by atoms with Gasteiger partial charge >= 0.3 is 0 Å². The molecule has 0 saturated carbocycles. The van der Waals surface area contributed by atoms with E-state index in [1.54, 1.807) is 0 Å². The van der Waals surface area contributed by atoms with Crippen LogP contribution in [0.2, 0.25) is 0 Å². The molecule has 0 saturated heterocycles. The molecule has 0 aromatic heterocycles. The van der Waals surface area contributed by atoms with Crippen LogP contribution in [0, 0.1) is 0 Å². The fourth-order valence-electron chi connectivity index (χ4n) is 1.59. The molecule has 0 fully saturated rings. The minimum absolute atomic E-state index is 0.504. The molecular weight excluding hydrogens is 214 g/mol. The minimum atomic E-state index is 0.504. The first-order valence-corrected chi connectivity index (χ1v) is 7.11. The Bertz CT molecular complexity index is 305. The zero-order chi connectivity index (χ0) is 11.8. The quantitative estimate of drug-likeness (QED) is 0.707. The third-order valence-corrected chi connectivity index (χ3v) is 3.10. The molecule has 1 unspecified atom stereocenters. The van der Waals surface area contributed by atoms with Crippen molar-refractivity contribution in [2.45, 2.75) is 31.6 Å². The maximum Gasteiger partial charge on any atom is 0.0342 e. The molecule has 0 spiro atoms. The second kappa shape index (κ2) is 7.39. The van der Waals surface area contributed by atoms with Gasteiger partial charge in [-0.2, -0.15) is 11.8 Å². The zero-order valence-electron chi connectivity index (χ0n) is 10.2. The molecule has 1 atom stereocenters. The number of nitrogens with one attached hydrogen (secondary N) is 1. The van der Waals surface area contributed by atoms with Gasteiger partial charge in [-0.15, -0.1) is 6.58 Å². The summed E-state index contributed by atoms with van der Waals surface area (Å²) in [5.41, 5.74) is 2.60. The van der Waals surface area contributed by atoms with Gasteiger partial charge in [-0.25, -0.2) is 0 Å². The Morgan fingerprint density at radius 3 is 2.62 bits per heavy atom. The van der Waals surface area contributed by atoms with Crippen LogP contribution in [-0.4, -0.2) is 12.3 Å². The van der Waals surface area contributed by atoms with Crippen LogP contribution in [0.1, 0.15) is 25.3 Å². The van der Waals surface area contributed by atoms with E-state index in [2.05, 4.69) is 49.3 Å². The predicted molar refractivity (Wildman–Crippen MR) is 76.2 cm³/mol. The molecule has 0 amide bonds. The molecule has 0 heterocycles. The molecule has 2 heteroatoms. The lowest BCUT2D eigenvalue weighted by molar-refractivity contribution is 0.719. The highest BCUT2D eigenvalue weighted by Gasteiger charge is 2.00. The molecule has 1 rings (SSSR count). The van der Waals surface area contributed by atoms with Gasteiger partial charge in [-0.1, -0.05) is 18.2 Å². The summed E-state index contributed by atoms with van der Waals surface area (Å²) in [4.78, 5) is 0. The van der Waals surface area contributed by atoms with Gasteiger partial charge in [0.1, 0.15) is 0 Å². The Kier molecular flexibility index (Phi) is 6.09. The fraction of sp³-hybridized carbons (Fsp3) is 0.429. The maximum atomic E-state index is 3.74. The second-order valence-corrected chi connectivity index (χ2v) is 4.91. The monoisotopic (exact) mass is 235 g/mol. The number of hydrogen-bond acceptors (Lipinski definition) is 2. The van der Waals surface area contributed by atoms with Crippen LogP contribution in [0.5, 0.6) is 0 Å². The Morgan fingerprint density at radius 2 is 2.06 bits per heavy atom. The highest BCUT2D eigenvalue weighted by Crippen LogP contribution is 2.15. The van der Waals surface area contributed by atoms with Crippen LogP contribution in [0.15, 0.2) is 36.9 Å². The van der Waals surface area contributed by atoms with Crippen LogP contribution < -0.4 is 5.32 Å². The van der Waals surface area contributed by atoms with Crippen molar-refractivity contribution < 1.29 is 0 Å². The second-order valence-electron chi connectivity index (χ2n) is 4.04. The smallest absolute Gasteiger partial charge is 0.0342 e. The van der Waals surface area contributed by atoms with E-state index >= 15 is 0 Å². The first kappa shape index (κ1) is 13.2. The van der Waals surface area contributed by atoms with Crippen LogP contribution in [0.4, 0.5) is 5.69 Å². The van der Waals surface area contributed by atoms with Crippen LogP contribution >= 0.6 is 11.8 Å². The van der Waals surface area contributed by atoms with Crippen molar-refractivity contribution in [1.29, 1.82) is 0 Å². The lowest BCUT2D eigenvalue weighted by Crippen LogP contribution is -2.14. The third-order valence-electron chi connectivity index (χ3n) is 2.48. The van der Waals surface area contributed by atoms with Crippen LogP contribution in [0.25, 0.3) is 0 Å². The standard InChI is InChI=1S/C14H21NS/c1-4-5-6-12(2)15-14-9-7-13(8-10-14)11-16-3/h4,7-10,12,15H,1,5-6,11H2,2-3H3. The largest absolute Gasteiger partial charge is 0.383 e. The van der Waals surface area contributed by atoms with Gasteiger partial charge < -0.3 is 5.32 Å². The van der Waals surface area contributed by atoms with Crippen LogP contribution in [0.3, 0.4) is 0 Å². The summed E-state index contributed by atoms with van der Waals surface area (Å²) in [7, 11) is 0. The number of rotatable bonds is 7. The van der Waals surface area contributed by atoms with Gasteiger partial charge in [0.05, 0.1) is 0 Å².